The Labute approximate surface area is 150 Å². The summed E-state index contributed by atoms with van der Waals surface area (Å²) in [7, 11) is 0. The molecule has 1 heterocycles. The lowest BCUT2D eigenvalue weighted by molar-refractivity contribution is -0.116. The van der Waals surface area contributed by atoms with Crippen LogP contribution in [0.25, 0.3) is 20.8 Å². The van der Waals surface area contributed by atoms with Gasteiger partial charge < -0.3 is 5.32 Å². The molecule has 0 aliphatic heterocycles. The number of rotatable bonds is 6. The summed E-state index contributed by atoms with van der Waals surface area (Å²) in [6, 6.07) is 13.6. The fraction of sp³-hybridized carbons (Fsp3) is 0.263. The normalized spacial score (nSPS) is 10.9. The van der Waals surface area contributed by atoms with Crippen LogP contribution in [0.1, 0.15) is 32.6 Å². The van der Waals surface area contributed by atoms with Crippen molar-refractivity contribution in [2.24, 2.45) is 0 Å². The van der Waals surface area contributed by atoms with Crippen LogP contribution >= 0.6 is 22.9 Å². The molecule has 1 N–H and O–H groups in total. The number of unbranched alkanes of at least 4 members (excludes halogenated alkanes) is 2. The van der Waals surface area contributed by atoms with Crippen LogP contribution in [-0.2, 0) is 4.79 Å². The average molecular weight is 359 g/mol. The molecule has 5 heteroatoms. The molecule has 0 fully saturated rings. The van der Waals surface area contributed by atoms with Crippen molar-refractivity contribution in [1.82, 2.24) is 4.98 Å². The molecule has 0 radical (unpaired) electrons. The number of aromatic nitrogens is 1. The van der Waals surface area contributed by atoms with E-state index >= 15 is 0 Å². The summed E-state index contributed by atoms with van der Waals surface area (Å²) in [6.07, 6.45) is 3.64. The summed E-state index contributed by atoms with van der Waals surface area (Å²) in [4.78, 5) is 16.5. The van der Waals surface area contributed by atoms with Gasteiger partial charge in [0.25, 0.3) is 0 Å². The third-order valence-corrected chi connectivity index (χ3v) is 5.17. The zero-order chi connectivity index (χ0) is 16.9. The summed E-state index contributed by atoms with van der Waals surface area (Å²) in [6.45, 7) is 2.12. The highest BCUT2D eigenvalue weighted by atomic mass is 35.5. The van der Waals surface area contributed by atoms with Crippen LogP contribution < -0.4 is 5.32 Å². The van der Waals surface area contributed by atoms with Gasteiger partial charge in [-0.25, -0.2) is 4.98 Å². The molecule has 1 amide bonds. The van der Waals surface area contributed by atoms with E-state index in [4.69, 9.17) is 11.6 Å². The average Bonchev–Trinajstić information content (AvgIpc) is 2.99. The monoisotopic (exact) mass is 358 g/mol. The quantitative estimate of drug-likeness (QED) is 0.538. The molecule has 3 rings (SSSR count). The van der Waals surface area contributed by atoms with Gasteiger partial charge in [0.05, 0.1) is 15.2 Å². The number of thiazole rings is 1. The zero-order valence-electron chi connectivity index (χ0n) is 13.5. The van der Waals surface area contributed by atoms with E-state index in [1.54, 1.807) is 17.4 Å². The van der Waals surface area contributed by atoms with E-state index in [1.807, 2.05) is 30.3 Å². The molecule has 0 spiro atoms. The first-order valence-electron chi connectivity index (χ1n) is 8.12. The number of nitrogens with one attached hydrogen (secondary N) is 1. The Balaban J connectivity index is 1.76. The van der Waals surface area contributed by atoms with Crippen molar-refractivity contribution in [2.45, 2.75) is 32.6 Å². The summed E-state index contributed by atoms with van der Waals surface area (Å²) in [5, 5.41) is 4.39. The Morgan fingerprint density at radius 1 is 1.21 bits per heavy atom. The van der Waals surface area contributed by atoms with Crippen molar-refractivity contribution in [3.05, 3.63) is 47.5 Å². The van der Waals surface area contributed by atoms with Gasteiger partial charge in [-0.2, -0.15) is 0 Å². The Morgan fingerprint density at radius 2 is 2.04 bits per heavy atom. The van der Waals surface area contributed by atoms with Crippen LogP contribution in [0.2, 0.25) is 5.02 Å². The zero-order valence-corrected chi connectivity index (χ0v) is 15.1. The number of benzene rings is 2. The van der Waals surface area contributed by atoms with Gasteiger partial charge in [-0.15, -0.1) is 11.3 Å². The highest BCUT2D eigenvalue weighted by Gasteiger charge is 2.11. The predicted octanol–water partition coefficient (Wildman–Crippen LogP) is 6.14. The topological polar surface area (TPSA) is 42.0 Å². The van der Waals surface area contributed by atoms with Crippen molar-refractivity contribution in [3.63, 3.8) is 0 Å². The molecule has 2 aromatic carbocycles. The molecule has 0 atom stereocenters. The Morgan fingerprint density at radius 3 is 2.79 bits per heavy atom. The van der Waals surface area contributed by atoms with E-state index in [9.17, 15) is 4.79 Å². The van der Waals surface area contributed by atoms with Crippen LogP contribution in [0, 0.1) is 0 Å². The van der Waals surface area contributed by atoms with Crippen molar-refractivity contribution in [3.8, 4) is 10.6 Å². The molecule has 0 aliphatic carbocycles. The first kappa shape index (κ1) is 16.9. The van der Waals surface area contributed by atoms with Crippen molar-refractivity contribution >= 4 is 44.7 Å². The Kier molecular flexibility index (Phi) is 5.48. The third-order valence-electron chi connectivity index (χ3n) is 3.78. The van der Waals surface area contributed by atoms with Gasteiger partial charge >= 0.3 is 0 Å². The van der Waals surface area contributed by atoms with E-state index in [0.29, 0.717) is 11.4 Å². The second-order valence-electron chi connectivity index (χ2n) is 5.69. The van der Waals surface area contributed by atoms with Crippen molar-refractivity contribution in [2.75, 3.05) is 5.32 Å². The molecule has 3 nitrogen and oxygen atoms in total. The summed E-state index contributed by atoms with van der Waals surface area (Å²) in [5.41, 5.74) is 2.59. The maximum absolute atomic E-state index is 11.9. The molecular formula is C19H19ClN2OS. The van der Waals surface area contributed by atoms with Crippen LogP contribution in [0.3, 0.4) is 0 Å². The number of nitrogens with zero attached hydrogens (tertiary/aromatic N) is 1. The second kappa shape index (κ2) is 7.77. The highest BCUT2D eigenvalue weighted by Crippen LogP contribution is 2.35. The van der Waals surface area contributed by atoms with Gasteiger partial charge in [0.15, 0.2) is 0 Å². The van der Waals surface area contributed by atoms with E-state index < -0.39 is 0 Å². The Hall–Kier alpha value is -1.91. The minimum absolute atomic E-state index is 0.0345. The largest absolute Gasteiger partial charge is 0.326 e. The Bertz CT molecular complexity index is 826. The summed E-state index contributed by atoms with van der Waals surface area (Å²) < 4.78 is 1.14. The number of para-hydroxylation sites is 1. The molecule has 24 heavy (non-hydrogen) atoms. The first-order chi connectivity index (χ1) is 11.7. The number of fused-ring (bicyclic) bond motifs is 1. The standard InChI is InChI=1S/C19H19ClN2OS/c1-2-3-4-9-18(23)21-13-10-11-14(15(20)12-13)19-22-16-7-5-6-8-17(16)24-19/h5-8,10-12H,2-4,9H2,1H3,(H,21,23). The SMILES string of the molecule is CCCCCC(=O)Nc1ccc(-c2nc3ccccc3s2)c(Cl)c1. The van der Waals surface area contributed by atoms with Crippen LogP contribution in [0.15, 0.2) is 42.5 Å². The fourth-order valence-corrected chi connectivity index (χ4v) is 3.84. The molecule has 3 aromatic rings. The van der Waals surface area contributed by atoms with Gasteiger partial charge in [-0.3, -0.25) is 4.79 Å². The minimum Gasteiger partial charge on any atom is -0.326 e. The van der Waals surface area contributed by atoms with Crippen molar-refractivity contribution < 1.29 is 4.79 Å². The number of hydrogen-bond acceptors (Lipinski definition) is 3. The molecule has 0 aliphatic rings. The van der Waals surface area contributed by atoms with Crippen LogP contribution in [-0.4, -0.2) is 10.9 Å². The van der Waals surface area contributed by atoms with Crippen LogP contribution in [0.4, 0.5) is 5.69 Å². The van der Waals surface area contributed by atoms with Crippen LogP contribution in [0.5, 0.6) is 0 Å². The first-order valence-corrected chi connectivity index (χ1v) is 9.32. The van der Waals surface area contributed by atoms with Gasteiger partial charge in [-0.05, 0) is 36.8 Å². The maximum atomic E-state index is 11.9. The lowest BCUT2D eigenvalue weighted by atomic mass is 10.2. The van der Waals surface area contributed by atoms with Gasteiger partial charge in [0.2, 0.25) is 5.91 Å². The smallest absolute Gasteiger partial charge is 0.224 e. The number of amides is 1. The number of anilines is 1. The molecule has 124 valence electrons. The fourth-order valence-electron chi connectivity index (χ4n) is 2.51. The van der Waals surface area contributed by atoms with Gasteiger partial charge in [0.1, 0.15) is 5.01 Å². The maximum Gasteiger partial charge on any atom is 0.224 e. The molecular weight excluding hydrogens is 340 g/mol. The van der Waals surface area contributed by atoms with E-state index in [1.165, 1.54) is 0 Å². The molecule has 0 saturated heterocycles. The number of hydrogen-bond donors (Lipinski definition) is 1. The minimum atomic E-state index is 0.0345. The molecule has 0 saturated carbocycles. The number of carbonyl (C=O) groups excluding carboxylic acids is 1. The van der Waals surface area contributed by atoms with E-state index in [0.717, 1.165) is 45.7 Å². The predicted molar refractivity (Wildman–Crippen MR) is 103 cm³/mol. The highest BCUT2D eigenvalue weighted by molar-refractivity contribution is 7.21. The third kappa shape index (κ3) is 3.94. The van der Waals surface area contributed by atoms with Crippen molar-refractivity contribution in [1.29, 1.82) is 0 Å². The van der Waals surface area contributed by atoms with Gasteiger partial charge in [-0.1, -0.05) is 43.5 Å². The summed E-state index contributed by atoms with van der Waals surface area (Å²) >= 11 is 8.03. The molecule has 0 unspecified atom stereocenters. The number of carbonyl (C=O) groups is 1. The lowest BCUT2D eigenvalue weighted by Gasteiger charge is -2.07. The lowest BCUT2D eigenvalue weighted by Crippen LogP contribution is -2.10. The van der Waals surface area contributed by atoms with Gasteiger partial charge in [0, 0.05) is 17.7 Å². The summed E-state index contributed by atoms with van der Waals surface area (Å²) in [5.74, 6) is 0.0345. The van der Waals surface area contributed by atoms with E-state index in [2.05, 4.69) is 23.3 Å². The number of halogens is 1. The molecule has 1 aromatic heterocycles. The van der Waals surface area contributed by atoms with E-state index in [-0.39, 0.29) is 5.91 Å². The molecule has 0 bridgehead atoms. The second-order valence-corrected chi connectivity index (χ2v) is 7.12.